The van der Waals surface area contributed by atoms with Gasteiger partial charge in [0.2, 0.25) is 0 Å². The Morgan fingerprint density at radius 3 is 2.42 bits per heavy atom. The lowest BCUT2D eigenvalue weighted by Gasteiger charge is -2.64. The van der Waals surface area contributed by atoms with Crippen LogP contribution in [0.15, 0.2) is 65.0 Å². The Bertz CT molecular complexity index is 1470. The van der Waals surface area contributed by atoms with Crippen LogP contribution >= 0.6 is 0 Å². The Balaban J connectivity index is 1.50. The van der Waals surface area contributed by atoms with E-state index in [1.807, 2.05) is 26.8 Å². The van der Waals surface area contributed by atoms with Gasteiger partial charge in [-0.05, 0) is 42.9 Å². The Morgan fingerprint density at radius 2 is 1.77 bits per heavy atom. The SMILES string of the molecule is COC(=O)C(O)C1C(C)(C)C(OC(=O)c2ccccc2)C2C=C3C4CC(=O)OC(c5ccoc5)C4(C)CCC3C1(C)C2=O. The van der Waals surface area contributed by atoms with Gasteiger partial charge in [-0.1, -0.05) is 57.5 Å². The van der Waals surface area contributed by atoms with Crippen LogP contribution in [0, 0.1) is 39.9 Å². The molecule has 0 radical (unpaired) electrons. The van der Waals surface area contributed by atoms with E-state index in [4.69, 9.17) is 18.6 Å². The number of hydrogen-bond donors (Lipinski definition) is 1. The van der Waals surface area contributed by atoms with E-state index in [0.717, 1.165) is 11.1 Å². The molecule has 9 unspecified atom stereocenters. The number of hydrogen-bond acceptors (Lipinski definition) is 9. The molecule has 2 heterocycles. The first-order chi connectivity index (χ1) is 20.4. The van der Waals surface area contributed by atoms with Crippen LogP contribution in [0.4, 0.5) is 0 Å². The minimum Gasteiger partial charge on any atom is -0.472 e. The van der Waals surface area contributed by atoms with Gasteiger partial charge in [-0.3, -0.25) is 9.59 Å². The summed E-state index contributed by atoms with van der Waals surface area (Å²) in [6.45, 7) is 7.60. The third-order valence-corrected chi connectivity index (χ3v) is 11.1. The number of esters is 3. The fourth-order valence-corrected chi connectivity index (χ4v) is 9.11. The second-order valence-electron chi connectivity index (χ2n) is 13.6. The molecule has 6 rings (SSSR count). The first-order valence-corrected chi connectivity index (χ1v) is 14.8. The van der Waals surface area contributed by atoms with E-state index in [1.54, 1.807) is 48.9 Å². The van der Waals surface area contributed by atoms with Gasteiger partial charge in [0.25, 0.3) is 0 Å². The summed E-state index contributed by atoms with van der Waals surface area (Å²) in [4.78, 5) is 54.0. The van der Waals surface area contributed by atoms with Crippen molar-refractivity contribution in [2.45, 2.75) is 65.3 Å². The van der Waals surface area contributed by atoms with Crippen molar-refractivity contribution in [3.05, 3.63) is 71.7 Å². The highest BCUT2D eigenvalue weighted by atomic mass is 16.6. The second-order valence-corrected chi connectivity index (χ2v) is 13.6. The summed E-state index contributed by atoms with van der Waals surface area (Å²) in [6, 6.07) is 10.3. The lowest BCUT2D eigenvalue weighted by Crippen LogP contribution is -2.69. The molecule has 2 aromatic rings. The molecule has 1 aromatic carbocycles. The maximum atomic E-state index is 14.6. The fourth-order valence-electron chi connectivity index (χ4n) is 9.11. The average molecular weight is 591 g/mol. The highest BCUT2D eigenvalue weighted by Crippen LogP contribution is 2.68. The normalized spacial score (nSPS) is 36.7. The van der Waals surface area contributed by atoms with Crippen molar-refractivity contribution < 1.29 is 42.9 Å². The summed E-state index contributed by atoms with van der Waals surface area (Å²) >= 11 is 0. The zero-order valence-electron chi connectivity index (χ0n) is 25.1. The number of carbonyl (C=O) groups is 4. The van der Waals surface area contributed by atoms with Crippen molar-refractivity contribution in [1.29, 1.82) is 0 Å². The number of rotatable bonds is 5. The summed E-state index contributed by atoms with van der Waals surface area (Å²) < 4.78 is 22.4. The summed E-state index contributed by atoms with van der Waals surface area (Å²) in [6.07, 6.45) is 3.25. The predicted molar refractivity (Wildman–Crippen MR) is 152 cm³/mol. The molecule has 0 spiro atoms. The van der Waals surface area contributed by atoms with Gasteiger partial charge in [0.15, 0.2) is 6.10 Å². The van der Waals surface area contributed by atoms with Gasteiger partial charge >= 0.3 is 17.9 Å². The van der Waals surface area contributed by atoms with Crippen molar-refractivity contribution in [2.24, 2.45) is 39.9 Å². The molecule has 9 nitrogen and oxygen atoms in total. The summed E-state index contributed by atoms with van der Waals surface area (Å²) in [5.74, 6) is -4.39. The number of benzene rings is 1. The number of ketones is 1. The standard InChI is InChI=1S/C34H38O9/c1-32(2)26(25(36)31(39)40-5)34(4)22-11-13-33(3)23(16-24(35)42-28(33)19-12-14-41-17-19)20(22)15-21(27(34)37)29(32)43-30(38)18-9-7-6-8-10-18/h6-10,12,14-15,17,21-23,25-26,28-29,36H,11,13,16H2,1-5H3. The highest BCUT2D eigenvalue weighted by molar-refractivity contribution is 5.95. The molecule has 0 amide bonds. The minimum absolute atomic E-state index is 0.131. The van der Waals surface area contributed by atoms with Crippen molar-refractivity contribution in [2.75, 3.05) is 7.11 Å². The monoisotopic (exact) mass is 590 g/mol. The van der Waals surface area contributed by atoms with Crippen LogP contribution in [0.2, 0.25) is 0 Å². The molecule has 3 aliphatic carbocycles. The molecule has 9 atom stereocenters. The first kappa shape index (κ1) is 29.4. The van der Waals surface area contributed by atoms with E-state index in [2.05, 4.69) is 6.92 Å². The molecule has 1 N–H and O–H groups in total. The molecular weight excluding hydrogens is 552 g/mol. The van der Waals surface area contributed by atoms with Gasteiger partial charge in [-0.15, -0.1) is 0 Å². The molecule has 1 saturated heterocycles. The van der Waals surface area contributed by atoms with Crippen molar-refractivity contribution in [3.8, 4) is 0 Å². The summed E-state index contributed by atoms with van der Waals surface area (Å²) in [5.41, 5.74) is -0.688. The molecule has 4 aliphatic rings. The smallest absolute Gasteiger partial charge is 0.338 e. The van der Waals surface area contributed by atoms with Crippen LogP contribution in [0.5, 0.6) is 0 Å². The average Bonchev–Trinajstić information content (AvgIpc) is 3.52. The number of furan rings is 1. The number of allylic oxidation sites excluding steroid dienone is 1. The van der Waals surface area contributed by atoms with E-state index >= 15 is 0 Å². The third-order valence-electron chi connectivity index (χ3n) is 11.1. The second kappa shape index (κ2) is 10.2. The van der Waals surface area contributed by atoms with Crippen LogP contribution in [-0.2, 0) is 28.6 Å². The van der Waals surface area contributed by atoms with Crippen LogP contribution in [0.3, 0.4) is 0 Å². The topological polar surface area (TPSA) is 129 Å². The molecule has 43 heavy (non-hydrogen) atoms. The Hall–Kier alpha value is -3.72. The number of carbonyl (C=O) groups excluding carboxylic acids is 4. The minimum atomic E-state index is -1.64. The third kappa shape index (κ3) is 4.22. The van der Waals surface area contributed by atoms with Gasteiger partial charge in [-0.2, -0.15) is 0 Å². The maximum Gasteiger partial charge on any atom is 0.338 e. The van der Waals surface area contributed by atoms with Crippen LogP contribution in [-0.4, -0.2) is 48.1 Å². The molecule has 228 valence electrons. The van der Waals surface area contributed by atoms with E-state index in [9.17, 15) is 24.3 Å². The molecule has 3 fully saturated rings. The largest absolute Gasteiger partial charge is 0.472 e. The maximum absolute atomic E-state index is 14.6. The Morgan fingerprint density at radius 1 is 1.05 bits per heavy atom. The molecule has 2 saturated carbocycles. The van der Waals surface area contributed by atoms with E-state index < -0.39 is 58.3 Å². The Kier molecular flexibility index (Phi) is 6.95. The van der Waals surface area contributed by atoms with E-state index in [1.165, 1.54) is 7.11 Å². The summed E-state index contributed by atoms with van der Waals surface area (Å²) in [5, 5.41) is 11.6. The Labute approximate surface area is 250 Å². The van der Waals surface area contributed by atoms with Gasteiger partial charge in [0, 0.05) is 27.7 Å². The van der Waals surface area contributed by atoms with Gasteiger partial charge in [0.05, 0.1) is 37.5 Å². The van der Waals surface area contributed by atoms with Crippen molar-refractivity contribution in [3.63, 3.8) is 0 Å². The number of ether oxygens (including phenoxy) is 3. The zero-order chi connectivity index (χ0) is 30.9. The lowest BCUT2D eigenvalue weighted by atomic mass is 9.40. The molecular formula is C34H38O9. The van der Waals surface area contributed by atoms with Crippen LogP contribution in [0.1, 0.15) is 69.0 Å². The van der Waals surface area contributed by atoms with Gasteiger partial charge in [-0.25, -0.2) is 9.59 Å². The number of fused-ring (bicyclic) bond motifs is 6. The first-order valence-electron chi connectivity index (χ1n) is 14.8. The quantitative estimate of drug-likeness (QED) is 0.295. The number of Topliss-reactive ketones (excluding diaryl/α,β-unsaturated/α-hetero) is 1. The van der Waals surface area contributed by atoms with E-state index in [-0.39, 0.29) is 30.0 Å². The van der Waals surface area contributed by atoms with E-state index in [0.29, 0.717) is 18.4 Å². The molecule has 1 aliphatic heterocycles. The number of aliphatic hydroxyl groups is 1. The predicted octanol–water partition coefficient (Wildman–Crippen LogP) is 4.85. The summed E-state index contributed by atoms with van der Waals surface area (Å²) in [7, 11) is 1.20. The molecule has 2 bridgehead atoms. The molecule has 9 heteroatoms. The fraction of sp³-hybridized carbons (Fsp3) is 0.529. The van der Waals surface area contributed by atoms with Crippen molar-refractivity contribution in [1.82, 2.24) is 0 Å². The lowest BCUT2D eigenvalue weighted by molar-refractivity contribution is -0.202. The number of methoxy groups -OCH3 is 1. The van der Waals surface area contributed by atoms with Gasteiger partial charge < -0.3 is 23.7 Å². The highest BCUT2D eigenvalue weighted by Gasteiger charge is 2.70. The van der Waals surface area contributed by atoms with Crippen LogP contribution in [0.25, 0.3) is 0 Å². The van der Waals surface area contributed by atoms with Crippen molar-refractivity contribution >= 4 is 23.7 Å². The number of cyclic esters (lactones) is 1. The van der Waals surface area contributed by atoms with Crippen LogP contribution < -0.4 is 0 Å². The van der Waals surface area contributed by atoms with Gasteiger partial charge in [0.1, 0.15) is 18.0 Å². The number of aliphatic hydroxyl groups excluding tert-OH is 1. The zero-order valence-corrected chi connectivity index (χ0v) is 25.1. The molecule has 1 aromatic heterocycles.